The van der Waals surface area contributed by atoms with Crippen LogP contribution in [0.15, 0.2) is 48.5 Å². The average Bonchev–Trinajstić information content (AvgIpc) is 2.61. The first-order valence-electron chi connectivity index (χ1n) is 7.95. The number of halogens is 1. The maximum Gasteiger partial charge on any atom is 0.344 e. The molecule has 0 heterocycles. The van der Waals surface area contributed by atoms with Gasteiger partial charge in [-0.15, -0.1) is 0 Å². The minimum absolute atomic E-state index is 0.339. The quantitative estimate of drug-likeness (QED) is 0.782. The molecule has 0 saturated heterocycles. The average molecular weight is 345 g/mol. The van der Waals surface area contributed by atoms with Gasteiger partial charge in [0.25, 0.3) is 5.91 Å². The second-order valence-corrected chi connectivity index (χ2v) is 5.41. The molecule has 0 aliphatic heterocycles. The van der Waals surface area contributed by atoms with E-state index in [1.807, 2.05) is 19.1 Å². The second-order valence-electron chi connectivity index (χ2n) is 5.41. The Morgan fingerprint density at radius 1 is 1.08 bits per heavy atom. The smallest absolute Gasteiger partial charge is 0.344 e. The first-order chi connectivity index (χ1) is 12.0. The molecule has 0 fully saturated rings. The first kappa shape index (κ1) is 18.4. The van der Waals surface area contributed by atoms with Gasteiger partial charge in [0, 0.05) is 5.69 Å². The van der Waals surface area contributed by atoms with E-state index in [0.717, 1.165) is 12.0 Å². The normalized spacial score (nSPS) is 11.5. The molecule has 0 saturated carbocycles. The molecule has 2 aromatic carbocycles. The van der Waals surface area contributed by atoms with Crippen molar-refractivity contribution in [3.63, 3.8) is 0 Å². The molecule has 5 nitrogen and oxygen atoms in total. The van der Waals surface area contributed by atoms with E-state index in [1.165, 1.54) is 31.2 Å². The molecular formula is C19H20FNO4. The van der Waals surface area contributed by atoms with Gasteiger partial charge in [0.15, 0.2) is 12.7 Å². The number of nitrogens with one attached hydrogen (secondary N) is 1. The van der Waals surface area contributed by atoms with Gasteiger partial charge in [-0.1, -0.05) is 19.1 Å². The van der Waals surface area contributed by atoms with E-state index in [1.54, 1.807) is 12.1 Å². The topological polar surface area (TPSA) is 64.6 Å². The van der Waals surface area contributed by atoms with Crippen molar-refractivity contribution in [3.8, 4) is 5.75 Å². The van der Waals surface area contributed by atoms with E-state index in [0.29, 0.717) is 11.4 Å². The zero-order valence-electron chi connectivity index (χ0n) is 14.1. The summed E-state index contributed by atoms with van der Waals surface area (Å²) in [6.07, 6.45) is -0.0498. The van der Waals surface area contributed by atoms with Gasteiger partial charge in [-0.05, 0) is 55.3 Å². The van der Waals surface area contributed by atoms with Crippen LogP contribution in [-0.4, -0.2) is 24.6 Å². The largest absolute Gasteiger partial charge is 0.482 e. The summed E-state index contributed by atoms with van der Waals surface area (Å²) < 4.78 is 23.0. The lowest BCUT2D eigenvalue weighted by molar-refractivity contribution is -0.155. The Morgan fingerprint density at radius 2 is 1.72 bits per heavy atom. The highest BCUT2D eigenvalue weighted by atomic mass is 19.1. The van der Waals surface area contributed by atoms with Crippen molar-refractivity contribution < 1.29 is 23.5 Å². The summed E-state index contributed by atoms with van der Waals surface area (Å²) in [5, 5.41) is 2.68. The molecule has 1 amide bonds. The molecule has 25 heavy (non-hydrogen) atoms. The highest BCUT2D eigenvalue weighted by molar-refractivity contribution is 5.95. The zero-order valence-corrected chi connectivity index (χ0v) is 14.1. The van der Waals surface area contributed by atoms with E-state index in [-0.39, 0.29) is 6.61 Å². The van der Waals surface area contributed by atoms with Crippen LogP contribution in [0.4, 0.5) is 10.1 Å². The van der Waals surface area contributed by atoms with Crippen molar-refractivity contribution in [2.45, 2.75) is 26.4 Å². The molecule has 0 unspecified atom stereocenters. The fraction of sp³-hybridized carbons (Fsp3) is 0.263. The van der Waals surface area contributed by atoms with E-state index < -0.39 is 23.8 Å². The first-order valence-corrected chi connectivity index (χ1v) is 7.95. The summed E-state index contributed by atoms with van der Waals surface area (Å²) in [4.78, 5) is 23.8. The van der Waals surface area contributed by atoms with Crippen LogP contribution in [0, 0.1) is 5.82 Å². The molecule has 1 atom stereocenters. The molecule has 1 N–H and O–H groups in total. The van der Waals surface area contributed by atoms with E-state index >= 15 is 0 Å². The Morgan fingerprint density at radius 3 is 2.32 bits per heavy atom. The van der Waals surface area contributed by atoms with Gasteiger partial charge in [0.2, 0.25) is 0 Å². The summed E-state index contributed by atoms with van der Waals surface area (Å²) in [6, 6.07) is 12.7. The van der Waals surface area contributed by atoms with Crippen molar-refractivity contribution in [1.29, 1.82) is 0 Å². The number of amides is 1. The summed E-state index contributed by atoms with van der Waals surface area (Å²) in [5.74, 6) is -1.17. The molecule has 132 valence electrons. The van der Waals surface area contributed by atoms with Crippen molar-refractivity contribution in [1.82, 2.24) is 0 Å². The number of aryl methyl sites for hydroxylation is 1. The van der Waals surface area contributed by atoms with Crippen LogP contribution in [0.1, 0.15) is 19.4 Å². The van der Waals surface area contributed by atoms with Gasteiger partial charge in [-0.3, -0.25) is 4.79 Å². The summed E-state index contributed by atoms with van der Waals surface area (Å²) >= 11 is 0. The number of hydrogen-bond acceptors (Lipinski definition) is 4. The number of hydrogen-bond donors (Lipinski definition) is 1. The highest BCUT2D eigenvalue weighted by Gasteiger charge is 2.18. The highest BCUT2D eigenvalue weighted by Crippen LogP contribution is 2.12. The second kappa shape index (κ2) is 8.82. The predicted octanol–water partition coefficient (Wildman–Crippen LogP) is 3.34. The molecule has 0 spiro atoms. The number of esters is 1. The molecule has 0 radical (unpaired) electrons. The van der Waals surface area contributed by atoms with Gasteiger partial charge in [-0.2, -0.15) is 0 Å². The third kappa shape index (κ3) is 5.91. The molecule has 0 aliphatic carbocycles. The summed E-state index contributed by atoms with van der Waals surface area (Å²) in [7, 11) is 0. The molecule has 0 aromatic heterocycles. The molecular weight excluding hydrogens is 325 g/mol. The number of anilines is 1. The Labute approximate surface area is 145 Å². The van der Waals surface area contributed by atoms with Gasteiger partial charge in [0.05, 0.1) is 0 Å². The van der Waals surface area contributed by atoms with Crippen molar-refractivity contribution in [2.24, 2.45) is 0 Å². The Hall–Kier alpha value is -2.89. The zero-order chi connectivity index (χ0) is 18.2. The number of carbonyl (C=O) groups is 2. The lowest BCUT2D eigenvalue weighted by Crippen LogP contribution is -2.31. The van der Waals surface area contributed by atoms with Gasteiger partial charge >= 0.3 is 5.97 Å². The van der Waals surface area contributed by atoms with Crippen LogP contribution in [-0.2, 0) is 20.7 Å². The fourth-order valence-electron chi connectivity index (χ4n) is 2.03. The fourth-order valence-corrected chi connectivity index (χ4v) is 2.03. The van der Waals surface area contributed by atoms with Crippen LogP contribution in [0.2, 0.25) is 0 Å². The number of benzene rings is 2. The molecule has 6 heteroatoms. The summed E-state index contributed by atoms with van der Waals surface area (Å²) in [5.41, 5.74) is 1.79. The standard InChI is InChI=1S/C19H20FNO4/c1-3-14-4-8-16(9-5-14)21-19(23)13(2)25-18(22)12-24-17-10-6-15(20)7-11-17/h4-11,13H,3,12H2,1-2H3,(H,21,23)/t13-/m0/s1. The van der Waals surface area contributed by atoms with Crippen LogP contribution in [0.5, 0.6) is 5.75 Å². The molecule has 0 bridgehead atoms. The Bertz CT molecular complexity index is 713. The van der Waals surface area contributed by atoms with E-state index in [4.69, 9.17) is 9.47 Å². The third-order valence-corrected chi connectivity index (χ3v) is 3.48. The number of ether oxygens (including phenoxy) is 2. The monoisotopic (exact) mass is 345 g/mol. The minimum Gasteiger partial charge on any atom is -0.482 e. The van der Waals surface area contributed by atoms with Crippen LogP contribution in [0.25, 0.3) is 0 Å². The predicted molar refractivity (Wildman–Crippen MR) is 91.9 cm³/mol. The number of rotatable bonds is 7. The third-order valence-electron chi connectivity index (χ3n) is 3.48. The Kier molecular flexibility index (Phi) is 6.51. The maximum atomic E-state index is 12.8. The number of carbonyl (C=O) groups excluding carboxylic acids is 2. The van der Waals surface area contributed by atoms with Crippen molar-refractivity contribution >= 4 is 17.6 Å². The van der Waals surface area contributed by atoms with Crippen LogP contribution < -0.4 is 10.1 Å². The van der Waals surface area contributed by atoms with Crippen molar-refractivity contribution in [3.05, 3.63) is 59.9 Å². The Balaban J connectivity index is 1.78. The summed E-state index contributed by atoms with van der Waals surface area (Å²) in [6.45, 7) is 3.16. The SMILES string of the molecule is CCc1ccc(NC(=O)[C@H](C)OC(=O)COc2ccc(F)cc2)cc1. The maximum absolute atomic E-state index is 12.8. The lowest BCUT2D eigenvalue weighted by Gasteiger charge is -2.14. The van der Waals surface area contributed by atoms with Gasteiger partial charge < -0.3 is 14.8 Å². The minimum atomic E-state index is -0.963. The van der Waals surface area contributed by atoms with Crippen LogP contribution in [0.3, 0.4) is 0 Å². The van der Waals surface area contributed by atoms with E-state index in [2.05, 4.69) is 5.32 Å². The molecule has 0 aliphatic rings. The van der Waals surface area contributed by atoms with Crippen molar-refractivity contribution in [2.75, 3.05) is 11.9 Å². The molecule has 2 rings (SSSR count). The van der Waals surface area contributed by atoms with Gasteiger partial charge in [-0.25, -0.2) is 9.18 Å². The van der Waals surface area contributed by atoms with Crippen LogP contribution >= 0.6 is 0 Å². The van der Waals surface area contributed by atoms with E-state index in [9.17, 15) is 14.0 Å². The lowest BCUT2D eigenvalue weighted by atomic mass is 10.1. The van der Waals surface area contributed by atoms with Gasteiger partial charge in [0.1, 0.15) is 11.6 Å². The molecule has 2 aromatic rings.